The molecule has 2 aromatic carbocycles. The summed E-state index contributed by atoms with van der Waals surface area (Å²) in [5, 5.41) is 39.1. The molecule has 4 rings (SSSR count). The fourth-order valence-corrected chi connectivity index (χ4v) is 4.45. The number of aliphatic hydroxyl groups excluding tert-OH is 1. The molecule has 0 saturated carbocycles. The number of aromatic nitrogens is 6. The largest absolute Gasteiger partial charge is 0.510 e. The van der Waals surface area contributed by atoms with Crippen LogP contribution in [0.25, 0.3) is 22.5 Å². The van der Waals surface area contributed by atoms with E-state index in [0.717, 1.165) is 52.1 Å². The fourth-order valence-electron chi connectivity index (χ4n) is 4.19. The number of carbonyl (C=O) groups is 1. The molecule has 0 aliphatic rings. The van der Waals surface area contributed by atoms with Gasteiger partial charge in [-0.2, -0.15) is 0 Å². The van der Waals surface area contributed by atoms with E-state index in [2.05, 4.69) is 32.2 Å². The predicted octanol–water partition coefficient (Wildman–Crippen LogP) is 4.25. The minimum atomic E-state index is -0.944. The van der Waals surface area contributed by atoms with Gasteiger partial charge in [0, 0.05) is 24.9 Å². The van der Waals surface area contributed by atoms with Gasteiger partial charge in [-0.25, -0.2) is 9.78 Å². The van der Waals surface area contributed by atoms with Crippen LogP contribution >= 0.6 is 11.6 Å². The van der Waals surface area contributed by atoms with E-state index in [1.54, 1.807) is 0 Å². The Hall–Kier alpha value is -3.92. The van der Waals surface area contributed by atoms with Crippen LogP contribution in [0.2, 0.25) is 5.15 Å². The van der Waals surface area contributed by atoms with Gasteiger partial charge in [-0.3, -0.25) is 15.3 Å². The van der Waals surface area contributed by atoms with Gasteiger partial charge in [0.25, 0.3) is 0 Å². The zero-order valence-electron chi connectivity index (χ0n) is 23.0. The highest BCUT2D eigenvalue weighted by atomic mass is 35.5. The second-order valence-electron chi connectivity index (χ2n) is 9.15. The standard InChI is InChI=1S/C27H32ClN7O7/c1-2-3-9-24-29-25(28)23(17-36)33(24)16-19-10-12-20(13-11-19)21-7-4-5-8-22(21)26-30-32-34(31-26)18-41-27(37)40-14-6-15-42-35(38)39/h4-5,7-8,10-13,36,38-39H,2-3,6,9,14-18H2,1H3. The maximum absolute atomic E-state index is 11.8. The molecule has 0 amide bonds. The van der Waals surface area contributed by atoms with Crippen molar-refractivity contribution < 1.29 is 34.6 Å². The summed E-state index contributed by atoms with van der Waals surface area (Å²) in [4.78, 5) is 21.7. The lowest BCUT2D eigenvalue weighted by molar-refractivity contribution is -0.492. The third-order valence-electron chi connectivity index (χ3n) is 6.25. The van der Waals surface area contributed by atoms with Crippen molar-refractivity contribution in [1.29, 1.82) is 0 Å². The van der Waals surface area contributed by atoms with Crippen LogP contribution in [0.15, 0.2) is 48.5 Å². The van der Waals surface area contributed by atoms with Crippen LogP contribution in [0.3, 0.4) is 0 Å². The van der Waals surface area contributed by atoms with Gasteiger partial charge in [-0.05, 0) is 28.3 Å². The van der Waals surface area contributed by atoms with Gasteiger partial charge in [0.15, 0.2) is 5.15 Å². The number of aliphatic hydroxyl groups is 1. The van der Waals surface area contributed by atoms with E-state index >= 15 is 0 Å². The normalized spacial score (nSPS) is 11.3. The summed E-state index contributed by atoms with van der Waals surface area (Å²) in [7, 11) is 0. The molecular formula is C27H32ClN7O7. The topological polar surface area (TPSA) is 170 Å². The second-order valence-corrected chi connectivity index (χ2v) is 9.51. The highest BCUT2D eigenvalue weighted by molar-refractivity contribution is 6.30. The van der Waals surface area contributed by atoms with Gasteiger partial charge >= 0.3 is 6.16 Å². The Morgan fingerprint density at radius 2 is 1.79 bits per heavy atom. The summed E-state index contributed by atoms with van der Waals surface area (Å²) in [6.07, 6.45) is 2.07. The number of unbranched alkanes of at least 4 members (excludes halogenated alkanes) is 1. The molecule has 0 saturated heterocycles. The van der Waals surface area contributed by atoms with Crippen LogP contribution in [0.5, 0.6) is 0 Å². The maximum Gasteiger partial charge on any atom is 0.510 e. The Bertz CT molecular complexity index is 1440. The van der Waals surface area contributed by atoms with Crippen LogP contribution in [0.1, 0.15) is 43.3 Å². The van der Waals surface area contributed by atoms with Crippen molar-refractivity contribution in [3.63, 3.8) is 0 Å². The Morgan fingerprint density at radius 3 is 2.50 bits per heavy atom. The first-order chi connectivity index (χ1) is 20.4. The van der Waals surface area contributed by atoms with Crippen LogP contribution in [-0.4, -0.2) is 70.0 Å². The van der Waals surface area contributed by atoms with Crippen LogP contribution < -0.4 is 0 Å². The first kappa shape index (κ1) is 31.0. The van der Waals surface area contributed by atoms with Crippen molar-refractivity contribution in [3.05, 3.63) is 70.8 Å². The van der Waals surface area contributed by atoms with Crippen LogP contribution in [-0.2, 0) is 40.6 Å². The average Bonchev–Trinajstić information content (AvgIpc) is 3.58. The van der Waals surface area contributed by atoms with Crippen molar-refractivity contribution in [2.45, 2.75) is 52.5 Å². The van der Waals surface area contributed by atoms with Gasteiger partial charge in [0.05, 0.1) is 30.9 Å². The quantitative estimate of drug-likeness (QED) is 0.101. The smallest absolute Gasteiger partial charge is 0.434 e. The van der Waals surface area contributed by atoms with E-state index in [-0.39, 0.29) is 33.0 Å². The monoisotopic (exact) mass is 601 g/mol. The number of rotatable bonds is 15. The molecule has 2 heterocycles. The summed E-state index contributed by atoms with van der Waals surface area (Å²) in [6.45, 7) is 2.04. The lowest BCUT2D eigenvalue weighted by Crippen LogP contribution is -2.17. The molecule has 0 radical (unpaired) electrons. The molecule has 0 atom stereocenters. The molecule has 2 aromatic heterocycles. The summed E-state index contributed by atoms with van der Waals surface area (Å²) >= 11 is 6.29. The SMILES string of the molecule is CCCCc1nc(Cl)c(CO)n1Cc1ccc(-c2ccccc2-c2nnn(COC(=O)OCCCON(O)O)n2)cc1. The number of benzene rings is 2. The van der Waals surface area contributed by atoms with E-state index < -0.39 is 11.5 Å². The molecule has 0 fully saturated rings. The Kier molecular flexibility index (Phi) is 11.3. The number of tetrazole rings is 1. The zero-order valence-corrected chi connectivity index (χ0v) is 23.7. The minimum absolute atomic E-state index is 0.0481. The molecule has 14 nitrogen and oxygen atoms in total. The van der Waals surface area contributed by atoms with Crippen molar-refractivity contribution >= 4 is 17.8 Å². The molecule has 224 valence electrons. The molecule has 15 heteroatoms. The lowest BCUT2D eigenvalue weighted by atomic mass is 9.98. The Labute approximate surface area is 246 Å². The van der Waals surface area contributed by atoms with E-state index in [1.807, 2.05) is 53.1 Å². The number of imidazole rings is 1. The number of nitrogens with zero attached hydrogens (tertiary/aromatic N) is 7. The van der Waals surface area contributed by atoms with Crippen LogP contribution in [0, 0.1) is 0 Å². The van der Waals surface area contributed by atoms with Crippen molar-refractivity contribution in [2.24, 2.45) is 0 Å². The highest BCUT2D eigenvalue weighted by Crippen LogP contribution is 2.30. The molecule has 4 aromatic rings. The van der Waals surface area contributed by atoms with E-state index in [9.17, 15) is 9.90 Å². The zero-order chi connectivity index (χ0) is 29.9. The van der Waals surface area contributed by atoms with Crippen LogP contribution in [0.4, 0.5) is 4.79 Å². The number of halogens is 1. The second kappa shape index (κ2) is 15.3. The number of aryl methyl sites for hydroxylation is 1. The number of carbonyl (C=O) groups excluding carboxylic acids is 1. The third-order valence-corrected chi connectivity index (χ3v) is 6.55. The Morgan fingerprint density at radius 1 is 1.02 bits per heavy atom. The number of hydrogen-bond acceptors (Lipinski definition) is 12. The van der Waals surface area contributed by atoms with Gasteiger partial charge in [0.1, 0.15) is 5.82 Å². The first-order valence-corrected chi connectivity index (χ1v) is 13.7. The maximum atomic E-state index is 11.8. The highest BCUT2D eigenvalue weighted by Gasteiger charge is 2.16. The summed E-state index contributed by atoms with van der Waals surface area (Å²) in [6, 6.07) is 15.7. The molecule has 0 spiro atoms. The molecule has 0 aliphatic carbocycles. The molecule has 42 heavy (non-hydrogen) atoms. The Balaban J connectivity index is 1.41. The summed E-state index contributed by atoms with van der Waals surface area (Å²) in [5.74, 6) is 1.21. The van der Waals surface area contributed by atoms with E-state index in [0.29, 0.717) is 23.2 Å². The van der Waals surface area contributed by atoms with Crippen molar-refractivity contribution in [2.75, 3.05) is 13.2 Å². The predicted molar refractivity (Wildman–Crippen MR) is 148 cm³/mol. The van der Waals surface area contributed by atoms with Crippen molar-refractivity contribution in [1.82, 2.24) is 35.1 Å². The van der Waals surface area contributed by atoms with Crippen molar-refractivity contribution in [3.8, 4) is 22.5 Å². The minimum Gasteiger partial charge on any atom is -0.434 e. The first-order valence-electron chi connectivity index (χ1n) is 13.3. The van der Waals surface area contributed by atoms with Gasteiger partial charge in [-0.15, -0.1) is 15.0 Å². The molecular weight excluding hydrogens is 570 g/mol. The third kappa shape index (κ3) is 8.31. The summed E-state index contributed by atoms with van der Waals surface area (Å²) in [5.41, 5.74) is 4.21. The molecule has 0 unspecified atom stereocenters. The number of hydrogen-bond donors (Lipinski definition) is 3. The van der Waals surface area contributed by atoms with Gasteiger partial charge < -0.3 is 19.1 Å². The van der Waals surface area contributed by atoms with Gasteiger partial charge in [-0.1, -0.05) is 73.5 Å². The average molecular weight is 602 g/mol. The molecule has 0 bridgehead atoms. The number of ether oxygens (including phenoxy) is 2. The van der Waals surface area contributed by atoms with E-state index in [1.165, 1.54) is 0 Å². The fraction of sp³-hybridized carbons (Fsp3) is 0.370. The summed E-state index contributed by atoms with van der Waals surface area (Å²) < 4.78 is 11.8. The molecule has 3 N–H and O–H groups in total. The van der Waals surface area contributed by atoms with Gasteiger partial charge in [0.2, 0.25) is 12.6 Å². The molecule has 0 aliphatic heterocycles. The van der Waals surface area contributed by atoms with E-state index in [4.69, 9.17) is 31.5 Å². The lowest BCUT2D eigenvalue weighted by Gasteiger charge is -2.12.